The second kappa shape index (κ2) is 7.98. The minimum atomic E-state index is -0.342. The van der Waals surface area contributed by atoms with Crippen LogP contribution in [0.3, 0.4) is 0 Å². The number of hydrogen-bond acceptors (Lipinski definition) is 3. The lowest BCUT2D eigenvalue weighted by atomic mass is 10.1. The number of pyridine rings is 1. The highest BCUT2D eigenvalue weighted by atomic mass is 19.1. The van der Waals surface area contributed by atoms with E-state index in [0.29, 0.717) is 28.3 Å². The van der Waals surface area contributed by atoms with Crippen molar-refractivity contribution in [3.05, 3.63) is 84.7 Å². The molecule has 2 N–H and O–H groups in total. The van der Waals surface area contributed by atoms with Gasteiger partial charge in [-0.25, -0.2) is 14.2 Å². The van der Waals surface area contributed by atoms with Gasteiger partial charge in [-0.05, 0) is 54.6 Å². The molecule has 1 heterocycles. The van der Waals surface area contributed by atoms with Gasteiger partial charge in [0.2, 0.25) is 0 Å². The summed E-state index contributed by atoms with van der Waals surface area (Å²) in [4.78, 5) is 16.9. The Kier molecular flexibility index (Phi) is 5.07. The van der Waals surface area contributed by atoms with Crippen LogP contribution in [0.4, 0.5) is 20.6 Å². The molecule has 0 aliphatic heterocycles. The summed E-state index contributed by atoms with van der Waals surface area (Å²) in [6.45, 7) is 0. The fourth-order valence-electron chi connectivity index (χ4n) is 3.02. The Morgan fingerprint density at radius 1 is 0.897 bits per heavy atom. The van der Waals surface area contributed by atoms with E-state index in [-0.39, 0.29) is 11.8 Å². The number of para-hydroxylation sites is 1. The van der Waals surface area contributed by atoms with Crippen LogP contribution in [0.5, 0.6) is 5.75 Å². The molecule has 29 heavy (non-hydrogen) atoms. The number of amides is 2. The third-order valence-electron chi connectivity index (χ3n) is 4.42. The fraction of sp³-hybridized carbons (Fsp3) is 0.0435. The molecule has 1 aromatic heterocycles. The zero-order valence-corrected chi connectivity index (χ0v) is 15.6. The number of nitrogens with one attached hydrogen (secondary N) is 2. The molecule has 0 spiro atoms. The minimum absolute atomic E-state index is 0.300. The molecule has 0 radical (unpaired) electrons. The molecule has 144 valence electrons. The van der Waals surface area contributed by atoms with Gasteiger partial charge in [0.1, 0.15) is 11.6 Å². The standard InChI is InChI=1S/C23H18FN3O2/c1-29-22-14-21(15-7-9-16(24)10-8-15)27-20-12-11-18(13-19(20)22)26-23(28)25-17-5-3-2-4-6-17/h2-14H,1H3,(H2,25,26,28). The molecule has 0 atom stereocenters. The SMILES string of the molecule is COc1cc(-c2ccc(F)cc2)nc2ccc(NC(=O)Nc3ccccc3)cc12. The van der Waals surface area contributed by atoms with Crippen molar-refractivity contribution < 1.29 is 13.9 Å². The van der Waals surface area contributed by atoms with E-state index in [1.54, 1.807) is 37.4 Å². The quantitative estimate of drug-likeness (QED) is 0.473. The average molecular weight is 387 g/mol. The molecule has 0 saturated heterocycles. The molecule has 0 aliphatic carbocycles. The van der Waals surface area contributed by atoms with Gasteiger partial charge in [-0.15, -0.1) is 0 Å². The van der Waals surface area contributed by atoms with Crippen LogP contribution >= 0.6 is 0 Å². The van der Waals surface area contributed by atoms with Gasteiger partial charge in [-0.3, -0.25) is 0 Å². The number of benzene rings is 3. The number of fused-ring (bicyclic) bond motifs is 1. The first kappa shape index (κ1) is 18.4. The zero-order chi connectivity index (χ0) is 20.2. The van der Waals surface area contributed by atoms with Crippen molar-refractivity contribution in [2.75, 3.05) is 17.7 Å². The van der Waals surface area contributed by atoms with E-state index in [1.807, 2.05) is 36.4 Å². The van der Waals surface area contributed by atoms with Crippen LogP contribution in [0.15, 0.2) is 78.9 Å². The number of halogens is 1. The summed E-state index contributed by atoms with van der Waals surface area (Å²) in [5.41, 5.74) is 3.49. The molecule has 5 nitrogen and oxygen atoms in total. The lowest BCUT2D eigenvalue weighted by molar-refractivity contribution is 0.262. The molecule has 0 bridgehead atoms. The number of carbonyl (C=O) groups excluding carboxylic acids is 1. The molecular weight excluding hydrogens is 369 g/mol. The summed E-state index contributed by atoms with van der Waals surface area (Å²) < 4.78 is 18.7. The number of anilines is 2. The molecule has 3 aromatic carbocycles. The minimum Gasteiger partial charge on any atom is -0.496 e. The number of urea groups is 1. The molecule has 0 unspecified atom stereocenters. The first-order chi connectivity index (χ1) is 14.1. The van der Waals surface area contributed by atoms with E-state index in [9.17, 15) is 9.18 Å². The van der Waals surface area contributed by atoms with Crippen molar-refractivity contribution in [2.45, 2.75) is 0 Å². The van der Waals surface area contributed by atoms with Crippen LogP contribution in [0.2, 0.25) is 0 Å². The number of ether oxygens (including phenoxy) is 1. The zero-order valence-electron chi connectivity index (χ0n) is 15.6. The summed E-state index contributed by atoms with van der Waals surface area (Å²) in [5, 5.41) is 6.35. The van der Waals surface area contributed by atoms with Gasteiger partial charge in [0.15, 0.2) is 0 Å². The summed E-state index contributed by atoms with van der Waals surface area (Å²) in [6.07, 6.45) is 0. The summed E-state index contributed by atoms with van der Waals surface area (Å²) in [5.74, 6) is 0.312. The first-order valence-corrected chi connectivity index (χ1v) is 9.00. The smallest absolute Gasteiger partial charge is 0.323 e. The monoisotopic (exact) mass is 387 g/mol. The maximum absolute atomic E-state index is 13.2. The number of aromatic nitrogens is 1. The third kappa shape index (κ3) is 4.16. The van der Waals surface area contributed by atoms with Crippen LogP contribution in [-0.4, -0.2) is 18.1 Å². The van der Waals surface area contributed by atoms with Gasteiger partial charge < -0.3 is 15.4 Å². The number of rotatable bonds is 4. The maximum Gasteiger partial charge on any atom is 0.323 e. The van der Waals surface area contributed by atoms with Gasteiger partial charge in [0.05, 0.1) is 18.3 Å². The van der Waals surface area contributed by atoms with E-state index < -0.39 is 0 Å². The summed E-state index contributed by atoms with van der Waals surface area (Å²) >= 11 is 0. The van der Waals surface area contributed by atoms with E-state index in [2.05, 4.69) is 15.6 Å². The van der Waals surface area contributed by atoms with Gasteiger partial charge in [-0.1, -0.05) is 18.2 Å². The Morgan fingerprint density at radius 2 is 1.62 bits per heavy atom. The number of methoxy groups -OCH3 is 1. The number of nitrogens with zero attached hydrogens (tertiary/aromatic N) is 1. The van der Waals surface area contributed by atoms with E-state index in [4.69, 9.17) is 4.74 Å². The maximum atomic E-state index is 13.2. The second-order valence-corrected chi connectivity index (χ2v) is 6.39. The normalized spacial score (nSPS) is 10.6. The van der Waals surface area contributed by atoms with Crippen molar-refractivity contribution >= 4 is 28.3 Å². The summed E-state index contributed by atoms with van der Waals surface area (Å²) in [6, 6.07) is 22.2. The topological polar surface area (TPSA) is 63.2 Å². The van der Waals surface area contributed by atoms with Crippen molar-refractivity contribution in [3.63, 3.8) is 0 Å². The van der Waals surface area contributed by atoms with Gasteiger partial charge >= 0.3 is 6.03 Å². The lowest BCUT2D eigenvalue weighted by Crippen LogP contribution is -2.19. The van der Waals surface area contributed by atoms with E-state index in [1.165, 1.54) is 12.1 Å². The van der Waals surface area contributed by atoms with Crippen LogP contribution in [-0.2, 0) is 0 Å². The molecule has 6 heteroatoms. The molecule has 2 amide bonds. The molecule has 0 saturated carbocycles. The Balaban J connectivity index is 1.62. The average Bonchev–Trinajstić information content (AvgIpc) is 2.74. The summed E-state index contributed by atoms with van der Waals surface area (Å²) in [7, 11) is 1.57. The Labute approximate surface area is 167 Å². The predicted molar refractivity (Wildman–Crippen MR) is 113 cm³/mol. The van der Waals surface area contributed by atoms with Crippen molar-refractivity contribution in [1.29, 1.82) is 0 Å². The van der Waals surface area contributed by atoms with Gasteiger partial charge in [-0.2, -0.15) is 0 Å². The number of carbonyl (C=O) groups is 1. The third-order valence-corrected chi connectivity index (χ3v) is 4.42. The van der Waals surface area contributed by atoms with Gasteiger partial charge in [0, 0.05) is 28.4 Å². The molecular formula is C23H18FN3O2. The Bertz CT molecular complexity index is 1160. The Morgan fingerprint density at radius 3 is 2.34 bits per heavy atom. The van der Waals surface area contributed by atoms with E-state index in [0.717, 1.165) is 10.9 Å². The molecule has 4 rings (SSSR count). The predicted octanol–water partition coefficient (Wildman–Crippen LogP) is 5.69. The van der Waals surface area contributed by atoms with Crippen molar-refractivity contribution in [3.8, 4) is 17.0 Å². The highest BCUT2D eigenvalue weighted by Gasteiger charge is 2.10. The van der Waals surface area contributed by atoms with Crippen molar-refractivity contribution in [2.24, 2.45) is 0 Å². The van der Waals surface area contributed by atoms with Crippen LogP contribution < -0.4 is 15.4 Å². The van der Waals surface area contributed by atoms with E-state index >= 15 is 0 Å². The number of hydrogen-bond donors (Lipinski definition) is 2. The molecule has 4 aromatic rings. The molecule has 0 fully saturated rings. The van der Waals surface area contributed by atoms with Crippen molar-refractivity contribution in [1.82, 2.24) is 4.98 Å². The van der Waals surface area contributed by atoms with Crippen LogP contribution in [0, 0.1) is 5.82 Å². The highest BCUT2D eigenvalue weighted by molar-refractivity contribution is 6.01. The van der Waals surface area contributed by atoms with Crippen LogP contribution in [0.1, 0.15) is 0 Å². The second-order valence-electron chi connectivity index (χ2n) is 6.39. The fourth-order valence-corrected chi connectivity index (χ4v) is 3.02. The van der Waals surface area contributed by atoms with Crippen LogP contribution in [0.25, 0.3) is 22.2 Å². The lowest BCUT2D eigenvalue weighted by Gasteiger charge is -2.12. The van der Waals surface area contributed by atoms with Gasteiger partial charge in [0.25, 0.3) is 0 Å². The Hall–Kier alpha value is -3.93. The highest BCUT2D eigenvalue weighted by Crippen LogP contribution is 2.31. The first-order valence-electron chi connectivity index (χ1n) is 9.00. The molecule has 0 aliphatic rings. The largest absolute Gasteiger partial charge is 0.496 e.